The van der Waals surface area contributed by atoms with Gasteiger partial charge in [0.1, 0.15) is 13.2 Å². The lowest BCUT2D eigenvalue weighted by atomic mass is 9.96. The van der Waals surface area contributed by atoms with Gasteiger partial charge in [0.05, 0.1) is 44.6 Å². The van der Waals surface area contributed by atoms with E-state index in [1.807, 2.05) is 18.5 Å². The Morgan fingerprint density at radius 1 is 0.551 bits per heavy atom. The van der Waals surface area contributed by atoms with E-state index in [9.17, 15) is 0 Å². The van der Waals surface area contributed by atoms with Crippen molar-refractivity contribution in [2.45, 2.75) is 38.8 Å². The van der Waals surface area contributed by atoms with E-state index >= 15 is 0 Å². The van der Waals surface area contributed by atoms with Gasteiger partial charge in [0, 0.05) is 40.0 Å². The Hall–Kier alpha value is -5.82. The summed E-state index contributed by atoms with van der Waals surface area (Å²) in [4.78, 5) is 19.3. The second-order valence-corrected chi connectivity index (χ2v) is 14.2. The number of fused-ring (bicyclic) bond motifs is 5. The maximum atomic E-state index is 5.90. The number of para-hydroxylation sites is 1. The van der Waals surface area contributed by atoms with Crippen LogP contribution in [0.4, 0.5) is 0 Å². The number of rotatable bonds is 5. The molecule has 0 bridgehead atoms. The van der Waals surface area contributed by atoms with Gasteiger partial charge in [-0.25, -0.2) is 9.98 Å². The second kappa shape index (κ2) is 10.9. The molecule has 0 atom stereocenters. The summed E-state index contributed by atoms with van der Waals surface area (Å²) in [5.41, 5.74) is 8.55. The van der Waals surface area contributed by atoms with Gasteiger partial charge in [-0.05, 0) is 87.0 Å². The van der Waals surface area contributed by atoms with Gasteiger partial charge in [0.15, 0.2) is 0 Å². The minimum absolute atomic E-state index is 0.218. The molecule has 49 heavy (non-hydrogen) atoms. The van der Waals surface area contributed by atoms with E-state index < -0.39 is 0 Å². The van der Waals surface area contributed by atoms with Gasteiger partial charge in [0.25, 0.3) is 0 Å². The van der Waals surface area contributed by atoms with E-state index in [2.05, 4.69) is 129 Å². The molecule has 0 spiro atoms. The van der Waals surface area contributed by atoms with Crippen molar-refractivity contribution in [2.75, 3.05) is 13.2 Å². The predicted molar refractivity (Wildman–Crippen MR) is 198 cm³/mol. The third-order valence-electron chi connectivity index (χ3n) is 9.31. The van der Waals surface area contributed by atoms with E-state index in [0.717, 1.165) is 55.7 Å². The van der Waals surface area contributed by atoms with Crippen molar-refractivity contribution in [3.05, 3.63) is 127 Å². The molecule has 0 fully saturated rings. The normalized spacial score (nSPS) is 16.5. The summed E-state index contributed by atoms with van der Waals surface area (Å²) in [5, 5.41) is 4.72. The zero-order chi connectivity index (χ0) is 33.3. The summed E-state index contributed by atoms with van der Waals surface area (Å²) in [6, 6.07) is 36.4. The van der Waals surface area contributed by atoms with Gasteiger partial charge in [-0.15, -0.1) is 0 Å². The monoisotopic (exact) mass is 641 g/mol. The Morgan fingerprint density at radius 3 is 1.73 bits per heavy atom. The molecule has 7 aromatic rings. The number of pyridine rings is 2. The van der Waals surface area contributed by atoms with E-state index in [4.69, 9.17) is 29.4 Å². The minimum atomic E-state index is -0.226. The summed E-state index contributed by atoms with van der Waals surface area (Å²) in [5.74, 6) is 1.30. The smallest absolute Gasteiger partial charge is 0.218 e. The van der Waals surface area contributed by atoms with Crippen molar-refractivity contribution in [1.29, 1.82) is 0 Å². The lowest BCUT2D eigenvalue weighted by molar-refractivity contribution is 0.279. The fourth-order valence-corrected chi connectivity index (χ4v) is 6.94. The van der Waals surface area contributed by atoms with E-state index in [1.54, 1.807) is 0 Å². The molecule has 9 rings (SSSR count). The summed E-state index contributed by atoms with van der Waals surface area (Å²) in [6.07, 6.45) is 3.73. The van der Waals surface area contributed by atoms with Crippen molar-refractivity contribution in [2.24, 2.45) is 9.98 Å². The van der Waals surface area contributed by atoms with Gasteiger partial charge in [-0.1, -0.05) is 54.6 Å². The van der Waals surface area contributed by atoms with Crippen molar-refractivity contribution in [3.63, 3.8) is 0 Å². The number of benzene rings is 4. The zero-order valence-corrected chi connectivity index (χ0v) is 27.9. The molecule has 0 radical (unpaired) electrons. The first-order valence-corrected chi connectivity index (χ1v) is 16.7. The van der Waals surface area contributed by atoms with Gasteiger partial charge in [-0.2, -0.15) is 0 Å². The molecule has 4 aromatic carbocycles. The van der Waals surface area contributed by atoms with Crippen LogP contribution < -0.4 is 0 Å². The molecule has 0 amide bonds. The average Bonchev–Trinajstić information content (AvgIpc) is 3.79. The Kier molecular flexibility index (Phi) is 6.50. The quantitative estimate of drug-likeness (QED) is 0.188. The largest absolute Gasteiger partial charge is 0.475 e. The Labute approximate surface area is 284 Å². The Balaban J connectivity index is 1.22. The van der Waals surface area contributed by atoms with Crippen LogP contribution in [0.3, 0.4) is 0 Å². The molecule has 0 unspecified atom stereocenters. The third kappa shape index (κ3) is 5.05. The van der Waals surface area contributed by atoms with Gasteiger partial charge < -0.3 is 14.0 Å². The van der Waals surface area contributed by atoms with Crippen LogP contribution in [0, 0.1) is 0 Å². The first-order valence-electron chi connectivity index (χ1n) is 16.7. The molecular formula is C42H35N5O2. The van der Waals surface area contributed by atoms with Crippen LogP contribution in [0.15, 0.2) is 126 Å². The Morgan fingerprint density at radius 2 is 1.14 bits per heavy atom. The van der Waals surface area contributed by atoms with Gasteiger partial charge in [-0.3, -0.25) is 9.97 Å². The van der Waals surface area contributed by atoms with Crippen LogP contribution in [0.5, 0.6) is 0 Å². The van der Waals surface area contributed by atoms with Gasteiger partial charge >= 0.3 is 0 Å². The molecule has 3 aromatic heterocycles. The lowest BCUT2D eigenvalue weighted by Gasteiger charge is -2.12. The highest BCUT2D eigenvalue weighted by molar-refractivity contribution is 6.24. The van der Waals surface area contributed by atoms with E-state index in [-0.39, 0.29) is 11.1 Å². The highest BCUT2D eigenvalue weighted by atomic mass is 16.5. The summed E-state index contributed by atoms with van der Waals surface area (Å²) in [6.45, 7) is 9.45. The molecule has 5 heterocycles. The topological polar surface area (TPSA) is 73.9 Å². The number of aliphatic imine (C=N–C) groups is 2. The predicted octanol–water partition coefficient (Wildman–Crippen LogP) is 9.17. The molecule has 7 heteroatoms. The van der Waals surface area contributed by atoms with Crippen LogP contribution in [-0.2, 0) is 9.47 Å². The number of ether oxygens (including phenoxy) is 2. The molecule has 240 valence electrons. The molecule has 0 saturated heterocycles. The lowest BCUT2D eigenvalue weighted by Crippen LogP contribution is -2.17. The number of nitrogens with zero attached hydrogens (tertiary/aromatic N) is 5. The standard InChI is InChI=1S/C42H35N5O2/c1-41(2)24-48-39(45-41)27-15-18-34(43-22-27)26-14-17-32-36(20-26)47(29-10-6-5-7-11-29)37-21-33(30-12-8-9-13-31(30)38(32)37)35-19-16-28(23-44-35)40-46-42(3,4)25-49-40/h5-23H,24-25H2,1-4H3. The summed E-state index contributed by atoms with van der Waals surface area (Å²) < 4.78 is 14.1. The van der Waals surface area contributed by atoms with Crippen molar-refractivity contribution < 1.29 is 9.47 Å². The van der Waals surface area contributed by atoms with Crippen LogP contribution in [0.1, 0.15) is 38.8 Å². The van der Waals surface area contributed by atoms with Crippen molar-refractivity contribution >= 4 is 44.4 Å². The van der Waals surface area contributed by atoms with E-state index in [1.165, 1.54) is 16.2 Å². The number of aromatic nitrogens is 3. The summed E-state index contributed by atoms with van der Waals surface area (Å²) >= 11 is 0. The third-order valence-corrected chi connectivity index (χ3v) is 9.31. The molecule has 0 saturated carbocycles. The maximum Gasteiger partial charge on any atom is 0.218 e. The van der Waals surface area contributed by atoms with E-state index in [0.29, 0.717) is 25.0 Å². The molecule has 2 aliphatic heterocycles. The Bertz CT molecular complexity index is 2470. The van der Waals surface area contributed by atoms with Crippen LogP contribution in [0.25, 0.3) is 60.8 Å². The second-order valence-electron chi connectivity index (χ2n) is 14.2. The summed E-state index contributed by atoms with van der Waals surface area (Å²) in [7, 11) is 0. The first kappa shape index (κ1) is 29.3. The highest BCUT2D eigenvalue weighted by Gasteiger charge is 2.28. The fraction of sp³-hybridized carbons (Fsp3) is 0.190. The molecule has 2 aliphatic rings. The van der Waals surface area contributed by atoms with Crippen molar-refractivity contribution in [1.82, 2.24) is 14.5 Å². The molecule has 0 aliphatic carbocycles. The minimum Gasteiger partial charge on any atom is -0.475 e. The SMILES string of the molecule is CC1(C)COC(c2ccc(-c3ccc4c5c6ccccc6c(-c6ccc(C7=NC(C)(C)CO7)cn6)cc5n(-c5ccccc5)c4c3)nc2)=N1. The maximum absolute atomic E-state index is 5.90. The molecule has 7 nitrogen and oxygen atoms in total. The van der Waals surface area contributed by atoms with Crippen molar-refractivity contribution in [3.8, 4) is 28.2 Å². The van der Waals surface area contributed by atoms with Crippen LogP contribution >= 0.6 is 0 Å². The zero-order valence-electron chi connectivity index (χ0n) is 27.9. The van der Waals surface area contributed by atoms with Crippen LogP contribution in [0.2, 0.25) is 0 Å². The number of hydrogen-bond acceptors (Lipinski definition) is 6. The van der Waals surface area contributed by atoms with Crippen LogP contribution in [-0.4, -0.2) is 50.6 Å². The molecular weight excluding hydrogens is 606 g/mol. The first-order chi connectivity index (χ1) is 23.7. The average molecular weight is 642 g/mol. The highest BCUT2D eigenvalue weighted by Crippen LogP contribution is 2.42. The molecule has 0 N–H and O–H groups in total. The fourth-order valence-electron chi connectivity index (χ4n) is 6.94. The number of hydrogen-bond donors (Lipinski definition) is 0. The van der Waals surface area contributed by atoms with Gasteiger partial charge in [0.2, 0.25) is 11.8 Å².